The maximum absolute atomic E-state index is 11.9. The molecule has 1 rings (SSSR count). The Kier molecular flexibility index (Phi) is 4.30. The summed E-state index contributed by atoms with van der Waals surface area (Å²) in [5.41, 5.74) is 0.330. The van der Waals surface area contributed by atoms with E-state index in [0.29, 0.717) is 24.5 Å². The lowest BCUT2D eigenvalue weighted by Gasteiger charge is -2.19. The Morgan fingerprint density at radius 2 is 2.33 bits per heavy atom. The van der Waals surface area contributed by atoms with Gasteiger partial charge < -0.3 is 14.4 Å². The van der Waals surface area contributed by atoms with E-state index in [-0.39, 0.29) is 12.5 Å². The van der Waals surface area contributed by atoms with Crippen LogP contribution in [0.1, 0.15) is 29.6 Å². The Morgan fingerprint density at radius 1 is 1.60 bits per heavy atom. The molecule has 0 fully saturated rings. The highest BCUT2D eigenvalue weighted by Gasteiger charge is 2.19. The Bertz CT molecular complexity index is 316. The number of hydrogen-bond acceptors (Lipinski definition) is 4. The number of oxazole rings is 1. The number of rotatable bonds is 5. The molecule has 0 aliphatic carbocycles. The maximum atomic E-state index is 11.9. The SMILES string of the molecule is CCCN(CCO)C(=O)c1ncoc1C. The lowest BCUT2D eigenvalue weighted by atomic mass is 10.3. The molecule has 0 aliphatic heterocycles. The van der Waals surface area contributed by atoms with Crippen LogP contribution >= 0.6 is 0 Å². The van der Waals surface area contributed by atoms with Crippen molar-refractivity contribution in [2.45, 2.75) is 20.3 Å². The number of amides is 1. The summed E-state index contributed by atoms with van der Waals surface area (Å²) in [6.07, 6.45) is 2.11. The van der Waals surface area contributed by atoms with Gasteiger partial charge in [0.1, 0.15) is 5.76 Å². The van der Waals surface area contributed by atoms with Gasteiger partial charge >= 0.3 is 0 Å². The second kappa shape index (κ2) is 5.50. The molecule has 5 heteroatoms. The number of carbonyl (C=O) groups is 1. The van der Waals surface area contributed by atoms with Gasteiger partial charge in [-0.15, -0.1) is 0 Å². The standard InChI is InChI=1S/C10H16N2O3/c1-3-4-12(5-6-13)10(14)9-8(2)15-7-11-9/h7,13H,3-6H2,1-2H3. The molecule has 84 valence electrons. The number of hydrogen-bond donors (Lipinski definition) is 1. The van der Waals surface area contributed by atoms with E-state index in [1.54, 1.807) is 11.8 Å². The summed E-state index contributed by atoms with van der Waals surface area (Å²) in [6.45, 7) is 4.59. The van der Waals surface area contributed by atoms with Gasteiger partial charge in [-0.3, -0.25) is 4.79 Å². The highest BCUT2D eigenvalue weighted by molar-refractivity contribution is 5.93. The van der Waals surface area contributed by atoms with Crippen LogP contribution in [0.2, 0.25) is 0 Å². The van der Waals surface area contributed by atoms with E-state index < -0.39 is 0 Å². The van der Waals surface area contributed by atoms with Crippen LogP contribution in [-0.4, -0.2) is 40.6 Å². The van der Waals surface area contributed by atoms with E-state index in [2.05, 4.69) is 4.98 Å². The van der Waals surface area contributed by atoms with Gasteiger partial charge in [-0.1, -0.05) is 6.92 Å². The first-order valence-corrected chi connectivity index (χ1v) is 5.01. The quantitative estimate of drug-likeness (QED) is 0.785. The molecule has 1 heterocycles. The van der Waals surface area contributed by atoms with Crippen LogP contribution in [-0.2, 0) is 0 Å². The summed E-state index contributed by atoms with van der Waals surface area (Å²) < 4.78 is 4.97. The fourth-order valence-corrected chi connectivity index (χ4v) is 1.37. The Morgan fingerprint density at radius 3 is 2.80 bits per heavy atom. The van der Waals surface area contributed by atoms with Crippen LogP contribution in [0.4, 0.5) is 0 Å². The largest absolute Gasteiger partial charge is 0.448 e. The topological polar surface area (TPSA) is 66.6 Å². The zero-order valence-corrected chi connectivity index (χ0v) is 9.06. The first-order chi connectivity index (χ1) is 7.20. The highest BCUT2D eigenvalue weighted by Crippen LogP contribution is 2.08. The van der Waals surface area contributed by atoms with Crippen molar-refractivity contribution in [3.05, 3.63) is 17.8 Å². The summed E-state index contributed by atoms with van der Waals surface area (Å²) >= 11 is 0. The number of nitrogens with zero attached hydrogens (tertiary/aromatic N) is 2. The molecule has 0 saturated carbocycles. The van der Waals surface area contributed by atoms with E-state index in [9.17, 15) is 4.79 Å². The third-order valence-corrected chi connectivity index (χ3v) is 2.10. The Balaban J connectivity index is 2.76. The number of aromatic nitrogens is 1. The van der Waals surface area contributed by atoms with Crippen LogP contribution < -0.4 is 0 Å². The van der Waals surface area contributed by atoms with Gasteiger partial charge in [0.15, 0.2) is 12.1 Å². The molecule has 1 amide bonds. The minimum atomic E-state index is -0.183. The van der Waals surface area contributed by atoms with E-state index in [4.69, 9.17) is 9.52 Å². The van der Waals surface area contributed by atoms with Gasteiger partial charge in [0.05, 0.1) is 6.61 Å². The Labute approximate surface area is 88.7 Å². The van der Waals surface area contributed by atoms with Crippen LogP contribution in [0.5, 0.6) is 0 Å². The molecule has 0 unspecified atom stereocenters. The van der Waals surface area contributed by atoms with Crippen LogP contribution in [0.3, 0.4) is 0 Å². The molecular weight excluding hydrogens is 196 g/mol. The van der Waals surface area contributed by atoms with Crippen molar-refractivity contribution in [1.82, 2.24) is 9.88 Å². The molecule has 0 aromatic carbocycles. The van der Waals surface area contributed by atoms with E-state index >= 15 is 0 Å². The predicted molar refractivity (Wildman–Crippen MR) is 54.5 cm³/mol. The fourth-order valence-electron chi connectivity index (χ4n) is 1.37. The zero-order valence-electron chi connectivity index (χ0n) is 9.06. The van der Waals surface area contributed by atoms with Crippen molar-refractivity contribution in [2.75, 3.05) is 19.7 Å². The van der Waals surface area contributed by atoms with E-state index in [0.717, 1.165) is 6.42 Å². The highest BCUT2D eigenvalue weighted by atomic mass is 16.3. The third kappa shape index (κ3) is 2.79. The molecule has 5 nitrogen and oxygen atoms in total. The van der Waals surface area contributed by atoms with Crippen molar-refractivity contribution < 1.29 is 14.3 Å². The van der Waals surface area contributed by atoms with Crippen molar-refractivity contribution in [2.24, 2.45) is 0 Å². The lowest BCUT2D eigenvalue weighted by molar-refractivity contribution is 0.0715. The van der Waals surface area contributed by atoms with Gasteiger partial charge in [0.2, 0.25) is 0 Å². The molecule has 1 N–H and O–H groups in total. The van der Waals surface area contributed by atoms with Crippen LogP contribution in [0.15, 0.2) is 10.8 Å². The summed E-state index contributed by atoms with van der Waals surface area (Å²) in [4.78, 5) is 17.3. The molecular formula is C10H16N2O3. The van der Waals surface area contributed by atoms with Crippen molar-refractivity contribution >= 4 is 5.91 Å². The predicted octanol–water partition coefficient (Wildman–Crippen LogP) is 0.828. The fraction of sp³-hybridized carbons (Fsp3) is 0.600. The maximum Gasteiger partial charge on any atom is 0.276 e. The number of carbonyl (C=O) groups excluding carboxylic acids is 1. The second-order valence-corrected chi connectivity index (χ2v) is 3.27. The van der Waals surface area contributed by atoms with Crippen molar-refractivity contribution in [1.29, 1.82) is 0 Å². The average molecular weight is 212 g/mol. The van der Waals surface area contributed by atoms with Crippen molar-refractivity contribution in [3.63, 3.8) is 0 Å². The molecule has 1 aromatic heterocycles. The summed E-state index contributed by atoms with van der Waals surface area (Å²) in [6, 6.07) is 0. The first kappa shape index (κ1) is 11.7. The molecule has 0 spiro atoms. The minimum absolute atomic E-state index is 0.0390. The van der Waals surface area contributed by atoms with Gasteiger partial charge in [0, 0.05) is 13.1 Å². The summed E-state index contributed by atoms with van der Waals surface area (Å²) in [5, 5.41) is 8.84. The second-order valence-electron chi connectivity index (χ2n) is 3.27. The van der Waals surface area contributed by atoms with Crippen molar-refractivity contribution in [3.8, 4) is 0 Å². The van der Waals surface area contributed by atoms with E-state index in [1.165, 1.54) is 6.39 Å². The van der Waals surface area contributed by atoms with Gasteiger partial charge in [-0.25, -0.2) is 4.98 Å². The molecule has 15 heavy (non-hydrogen) atoms. The lowest BCUT2D eigenvalue weighted by Crippen LogP contribution is -2.34. The zero-order chi connectivity index (χ0) is 11.3. The summed E-state index contributed by atoms with van der Waals surface area (Å²) in [5.74, 6) is 0.330. The molecule has 0 radical (unpaired) electrons. The normalized spacial score (nSPS) is 10.3. The Hall–Kier alpha value is -1.36. The molecule has 0 aliphatic rings. The van der Waals surface area contributed by atoms with Gasteiger partial charge in [-0.05, 0) is 13.3 Å². The smallest absolute Gasteiger partial charge is 0.276 e. The number of aliphatic hydroxyl groups excluding tert-OH is 1. The first-order valence-electron chi connectivity index (χ1n) is 5.01. The monoisotopic (exact) mass is 212 g/mol. The molecule has 0 bridgehead atoms. The van der Waals surface area contributed by atoms with Crippen LogP contribution in [0.25, 0.3) is 0 Å². The number of aliphatic hydroxyl groups is 1. The van der Waals surface area contributed by atoms with Crippen LogP contribution in [0, 0.1) is 6.92 Å². The molecule has 0 atom stereocenters. The summed E-state index contributed by atoms with van der Waals surface area (Å²) in [7, 11) is 0. The molecule has 1 aromatic rings. The average Bonchev–Trinajstić information content (AvgIpc) is 2.63. The third-order valence-electron chi connectivity index (χ3n) is 2.10. The van der Waals surface area contributed by atoms with E-state index in [1.807, 2.05) is 6.92 Å². The molecule has 0 saturated heterocycles. The minimum Gasteiger partial charge on any atom is -0.448 e. The number of aryl methyl sites for hydroxylation is 1. The van der Waals surface area contributed by atoms with Gasteiger partial charge in [0.25, 0.3) is 5.91 Å². The van der Waals surface area contributed by atoms with Gasteiger partial charge in [-0.2, -0.15) is 0 Å².